The van der Waals surface area contributed by atoms with Gasteiger partial charge in [-0.25, -0.2) is 9.78 Å². The van der Waals surface area contributed by atoms with Crippen LogP contribution < -0.4 is 5.43 Å². The van der Waals surface area contributed by atoms with E-state index in [0.29, 0.717) is 11.0 Å². The van der Waals surface area contributed by atoms with Crippen molar-refractivity contribution in [3.63, 3.8) is 0 Å². The molecule has 7 nitrogen and oxygen atoms in total. The molecule has 134 valence electrons. The number of ether oxygens (including phenoxy) is 1. The van der Waals surface area contributed by atoms with E-state index in [0.717, 1.165) is 12.0 Å². The van der Waals surface area contributed by atoms with Gasteiger partial charge in [0, 0.05) is 0 Å². The summed E-state index contributed by atoms with van der Waals surface area (Å²) in [6.45, 7) is 3.37. The third-order valence-electron chi connectivity index (χ3n) is 4.35. The van der Waals surface area contributed by atoms with Gasteiger partial charge in [-0.15, -0.1) is 0 Å². The van der Waals surface area contributed by atoms with Gasteiger partial charge < -0.3 is 14.3 Å². The van der Waals surface area contributed by atoms with Crippen LogP contribution in [0.3, 0.4) is 0 Å². The Kier molecular flexibility index (Phi) is 4.46. The maximum absolute atomic E-state index is 12.9. The molecule has 0 saturated heterocycles. The van der Waals surface area contributed by atoms with Crippen LogP contribution in [0.5, 0.6) is 0 Å². The van der Waals surface area contributed by atoms with E-state index in [1.807, 2.05) is 13.0 Å². The predicted molar refractivity (Wildman–Crippen MR) is 94.6 cm³/mol. The van der Waals surface area contributed by atoms with E-state index in [-0.39, 0.29) is 27.8 Å². The number of hydrogen-bond acceptors (Lipinski definition) is 6. The number of benzene rings is 1. The monoisotopic (exact) mass is 355 g/mol. The van der Waals surface area contributed by atoms with Crippen LogP contribution in [0.4, 0.5) is 0 Å². The number of fused-ring (bicyclic) bond motifs is 2. The van der Waals surface area contributed by atoms with Crippen molar-refractivity contribution in [1.29, 1.82) is 0 Å². The molecule has 7 heteroatoms. The van der Waals surface area contributed by atoms with Crippen molar-refractivity contribution in [1.82, 2.24) is 4.98 Å². The number of carbonyl (C=O) groups excluding carboxylic acids is 1. The molecule has 0 bridgehead atoms. The molecule has 0 spiro atoms. The van der Waals surface area contributed by atoms with E-state index < -0.39 is 17.9 Å². The largest absolute Gasteiger partial charge is 0.481 e. The van der Waals surface area contributed by atoms with Gasteiger partial charge in [0.05, 0.1) is 35.1 Å². The van der Waals surface area contributed by atoms with Crippen molar-refractivity contribution < 1.29 is 23.8 Å². The van der Waals surface area contributed by atoms with Crippen molar-refractivity contribution in [2.75, 3.05) is 7.11 Å². The van der Waals surface area contributed by atoms with Gasteiger partial charge in [0.2, 0.25) is 11.1 Å². The van der Waals surface area contributed by atoms with Crippen LogP contribution in [0.15, 0.2) is 33.5 Å². The third-order valence-corrected chi connectivity index (χ3v) is 4.35. The summed E-state index contributed by atoms with van der Waals surface area (Å²) < 4.78 is 10.4. The summed E-state index contributed by atoms with van der Waals surface area (Å²) in [6, 6.07) is 6.57. The highest BCUT2D eigenvalue weighted by Gasteiger charge is 2.26. The van der Waals surface area contributed by atoms with Gasteiger partial charge in [0.15, 0.2) is 0 Å². The second-order valence-electron chi connectivity index (χ2n) is 5.94. The standard InChI is InChI=1S/C19H17NO6/c1-4-10-5-6-14-11(7-10)16(21)13-8-12(19(24)25-3)15(9(2)18(22)23)20-17(13)26-14/h5-9H,4H2,1-3H3,(H,22,23). The van der Waals surface area contributed by atoms with Crippen molar-refractivity contribution in [2.24, 2.45) is 0 Å². The molecule has 0 fully saturated rings. The van der Waals surface area contributed by atoms with Crippen LogP contribution in [0.2, 0.25) is 0 Å². The van der Waals surface area contributed by atoms with Crippen molar-refractivity contribution in [2.45, 2.75) is 26.2 Å². The lowest BCUT2D eigenvalue weighted by atomic mass is 10.00. The number of rotatable bonds is 4. The molecule has 1 aromatic carbocycles. The number of aliphatic carboxylic acids is 1. The Bertz CT molecular complexity index is 1100. The maximum Gasteiger partial charge on any atom is 0.339 e. The van der Waals surface area contributed by atoms with Crippen LogP contribution in [0.1, 0.15) is 41.4 Å². The maximum atomic E-state index is 12.9. The zero-order chi connectivity index (χ0) is 19.0. The summed E-state index contributed by atoms with van der Waals surface area (Å²) in [4.78, 5) is 40.5. The van der Waals surface area contributed by atoms with Crippen molar-refractivity contribution in [3.8, 4) is 0 Å². The molecule has 1 atom stereocenters. The van der Waals surface area contributed by atoms with Gasteiger partial charge in [-0.2, -0.15) is 0 Å². The molecule has 0 aliphatic rings. The van der Waals surface area contributed by atoms with E-state index >= 15 is 0 Å². The molecule has 0 radical (unpaired) electrons. The fourth-order valence-electron chi connectivity index (χ4n) is 2.78. The van der Waals surface area contributed by atoms with Crippen LogP contribution in [-0.4, -0.2) is 29.1 Å². The van der Waals surface area contributed by atoms with Crippen LogP contribution in [-0.2, 0) is 16.0 Å². The Morgan fingerprint density at radius 1 is 1.27 bits per heavy atom. The van der Waals surface area contributed by atoms with Crippen molar-refractivity contribution in [3.05, 3.63) is 51.3 Å². The van der Waals surface area contributed by atoms with E-state index in [9.17, 15) is 19.5 Å². The molecular formula is C19H17NO6. The van der Waals surface area contributed by atoms with Gasteiger partial charge >= 0.3 is 11.9 Å². The highest BCUT2D eigenvalue weighted by molar-refractivity contribution is 5.98. The first-order valence-electron chi connectivity index (χ1n) is 8.08. The second-order valence-corrected chi connectivity index (χ2v) is 5.94. The number of carbonyl (C=O) groups is 2. The zero-order valence-corrected chi connectivity index (χ0v) is 14.5. The third kappa shape index (κ3) is 2.81. The minimum Gasteiger partial charge on any atom is -0.481 e. The molecule has 3 rings (SSSR count). The smallest absolute Gasteiger partial charge is 0.339 e. The summed E-state index contributed by atoms with van der Waals surface area (Å²) in [5, 5.41) is 9.77. The fourth-order valence-corrected chi connectivity index (χ4v) is 2.78. The van der Waals surface area contributed by atoms with Gasteiger partial charge in [-0.3, -0.25) is 9.59 Å². The molecule has 1 unspecified atom stereocenters. The quantitative estimate of drug-likeness (QED) is 0.566. The lowest BCUT2D eigenvalue weighted by molar-refractivity contribution is -0.138. The number of nitrogens with zero attached hydrogens (tertiary/aromatic N) is 1. The molecule has 3 aromatic rings. The lowest BCUT2D eigenvalue weighted by Gasteiger charge is -2.12. The van der Waals surface area contributed by atoms with E-state index in [1.54, 1.807) is 12.1 Å². The fraction of sp³-hybridized carbons (Fsp3) is 0.263. The molecule has 0 saturated carbocycles. The topological polar surface area (TPSA) is 107 Å². The lowest BCUT2D eigenvalue weighted by Crippen LogP contribution is -2.17. The summed E-state index contributed by atoms with van der Waals surface area (Å²) in [5.74, 6) is -2.99. The average molecular weight is 355 g/mol. The predicted octanol–water partition coefficient (Wildman–Crippen LogP) is 2.88. The molecule has 26 heavy (non-hydrogen) atoms. The first-order chi connectivity index (χ1) is 12.4. The second kappa shape index (κ2) is 6.59. The van der Waals surface area contributed by atoms with Gasteiger partial charge in [0.25, 0.3) is 0 Å². The zero-order valence-electron chi connectivity index (χ0n) is 14.5. The Morgan fingerprint density at radius 2 is 2.00 bits per heavy atom. The molecule has 0 aliphatic heterocycles. The summed E-state index contributed by atoms with van der Waals surface area (Å²) in [5.41, 5.74) is 0.914. The number of hydrogen-bond donors (Lipinski definition) is 1. The first-order valence-corrected chi connectivity index (χ1v) is 8.08. The molecular weight excluding hydrogens is 338 g/mol. The number of esters is 1. The number of aromatic nitrogens is 1. The number of methoxy groups -OCH3 is 1. The summed E-state index contributed by atoms with van der Waals surface area (Å²) in [6.07, 6.45) is 0.758. The number of carboxylic acid groups (broad SMARTS) is 1. The van der Waals surface area contributed by atoms with E-state index in [2.05, 4.69) is 4.98 Å². The van der Waals surface area contributed by atoms with Gasteiger partial charge in [-0.1, -0.05) is 13.0 Å². The summed E-state index contributed by atoms with van der Waals surface area (Å²) >= 11 is 0. The van der Waals surface area contributed by atoms with Crippen LogP contribution in [0.25, 0.3) is 22.1 Å². The Labute approximate surface area is 148 Å². The Hall–Kier alpha value is -3.22. The van der Waals surface area contributed by atoms with Crippen LogP contribution in [0, 0.1) is 0 Å². The van der Waals surface area contributed by atoms with E-state index in [4.69, 9.17) is 9.15 Å². The van der Waals surface area contributed by atoms with Gasteiger partial charge in [-0.05, 0) is 37.1 Å². The normalized spacial score (nSPS) is 12.3. The highest BCUT2D eigenvalue weighted by atomic mass is 16.5. The van der Waals surface area contributed by atoms with Gasteiger partial charge in [0.1, 0.15) is 5.58 Å². The minimum absolute atomic E-state index is 0.00970. The molecule has 0 amide bonds. The Balaban J connectivity index is 2.40. The molecule has 1 N–H and O–H groups in total. The number of carboxylic acids is 1. The molecule has 2 aromatic heterocycles. The molecule has 0 aliphatic carbocycles. The minimum atomic E-state index is -1.15. The van der Waals surface area contributed by atoms with E-state index in [1.165, 1.54) is 20.1 Å². The first kappa shape index (κ1) is 17.6. The SMILES string of the molecule is CCc1ccc2oc3nc(C(C)C(=O)O)c(C(=O)OC)cc3c(=O)c2c1. The highest BCUT2D eigenvalue weighted by Crippen LogP contribution is 2.25. The number of pyridine rings is 1. The van der Waals surface area contributed by atoms with Crippen molar-refractivity contribution >= 4 is 34.0 Å². The average Bonchev–Trinajstić information content (AvgIpc) is 2.65. The molecule has 2 heterocycles. The summed E-state index contributed by atoms with van der Waals surface area (Å²) in [7, 11) is 1.18. The number of aryl methyl sites for hydroxylation is 1. The van der Waals surface area contributed by atoms with Crippen LogP contribution >= 0.6 is 0 Å². The Morgan fingerprint density at radius 3 is 2.62 bits per heavy atom.